The molecule has 0 unspecified atom stereocenters. The van der Waals surface area contributed by atoms with Gasteiger partial charge in [0.25, 0.3) is 5.92 Å². The minimum atomic E-state index is -3.78. The zero-order valence-corrected chi connectivity index (χ0v) is 22.4. The number of anilines is 2. The summed E-state index contributed by atoms with van der Waals surface area (Å²) in [6.45, 7) is 2.25. The van der Waals surface area contributed by atoms with Crippen molar-refractivity contribution in [3.8, 4) is 0 Å². The fourth-order valence-corrected chi connectivity index (χ4v) is 6.95. The number of nitrogens with zero attached hydrogens (tertiary/aromatic N) is 4. The maximum Gasteiger partial charge on any atom is 0.277 e. The number of carbonyl (C=O) groups excluding carboxylic acids is 1. The summed E-state index contributed by atoms with van der Waals surface area (Å²) in [7, 11) is -3.78. The molecule has 1 aromatic heterocycles. The van der Waals surface area contributed by atoms with Crippen molar-refractivity contribution < 1.29 is 22.0 Å². The lowest BCUT2D eigenvalue weighted by molar-refractivity contribution is -0.117. The van der Waals surface area contributed by atoms with Crippen LogP contribution in [-0.2, 0) is 20.7 Å². The van der Waals surface area contributed by atoms with E-state index in [9.17, 15) is 13.2 Å². The van der Waals surface area contributed by atoms with Crippen molar-refractivity contribution in [2.24, 2.45) is 11.7 Å². The fourth-order valence-electron chi connectivity index (χ4n) is 5.32. The molecule has 0 spiro atoms. The number of piperidine rings is 1. The maximum absolute atomic E-state index is 15.3. The predicted molar refractivity (Wildman–Crippen MR) is 141 cm³/mol. The van der Waals surface area contributed by atoms with Crippen molar-refractivity contribution in [3.05, 3.63) is 47.1 Å². The van der Waals surface area contributed by atoms with E-state index in [4.69, 9.17) is 17.3 Å². The zero-order chi connectivity index (χ0) is 27.1. The molecule has 3 aliphatic heterocycles. The van der Waals surface area contributed by atoms with Crippen LogP contribution in [0.2, 0.25) is 5.15 Å². The quantitative estimate of drug-likeness (QED) is 0.515. The molecule has 4 heterocycles. The Kier molecular flexibility index (Phi) is 7.62. The topological polar surface area (TPSA) is 112 Å². The third-order valence-corrected chi connectivity index (χ3v) is 9.59. The molecule has 0 bridgehead atoms. The van der Waals surface area contributed by atoms with Crippen LogP contribution in [0.5, 0.6) is 0 Å². The number of benzene rings is 1. The summed E-state index contributed by atoms with van der Waals surface area (Å²) in [5.41, 5.74) is 6.29. The van der Waals surface area contributed by atoms with Crippen LogP contribution in [0.1, 0.15) is 24.8 Å². The molecule has 206 valence electrons. The summed E-state index contributed by atoms with van der Waals surface area (Å²) in [5, 5.41) is 3.01. The first-order valence-electron chi connectivity index (χ1n) is 12.7. The van der Waals surface area contributed by atoms with Crippen molar-refractivity contribution in [3.63, 3.8) is 0 Å². The van der Waals surface area contributed by atoms with Crippen LogP contribution in [0.15, 0.2) is 41.3 Å². The molecule has 9 nitrogen and oxygen atoms in total. The molecule has 1 amide bonds. The van der Waals surface area contributed by atoms with Gasteiger partial charge in [0.2, 0.25) is 15.9 Å². The van der Waals surface area contributed by atoms with Gasteiger partial charge in [0.15, 0.2) is 0 Å². The van der Waals surface area contributed by atoms with Crippen molar-refractivity contribution in [1.29, 1.82) is 0 Å². The molecule has 13 heteroatoms. The molecule has 3 aliphatic rings. The van der Waals surface area contributed by atoms with Gasteiger partial charge in [-0.05, 0) is 55.8 Å². The van der Waals surface area contributed by atoms with Crippen LogP contribution in [0.25, 0.3) is 0 Å². The molecule has 0 saturated carbocycles. The van der Waals surface area contributed by atoms with Crippen LogP contribution in [0, 0.1) is 5.92 Å². The zero-order valence-electron chi connectivity index (χ0n) is 20.8. The van der Waals surface area contributed by atoms with E-state index in [0.29, 0.717) is 30.9 Å². The monoisotopic (exact) mass is 568 g/mol. The van der Waals surface area contributed by atoms with E-state index in [1.54, 1.807) is 21.9 Å². The number of hydrogen-bond acceptors (Lipinski definition) is 7. The highest BCUT2D eigenvalue weighted by atomic mass is 35.5. The number of piperazine rings is 1. The summed E-state index contributed by atoms with van der Waals surface area (Å²) in [6.07, 6.45) is 1.38. The number of sulfonamides is 1. The molecule has 3 fully saturated rings. The Morgan fingerprint density at radius 1 is 1.11 bits per heavy atom. The van der Waals surface area contributed by atoms with Gasteiger partial charge in [0, 0.05) is 68.9 Å². The molecule has 0 aliphatic carbocycles. The fraction of sp³-hybridized carbons (Fsp3) is 0.520. The second kappa shape index (κ2) is 10.6. The minimum absolute atomic E-state index is 0.0199. The van der Waals surface area contributed by atoms with E-state index in [2.05, 4.69) is 10.3 Å². The Hall–Kier alpha value is -2.38. The predicted octanol–water partition coefficient (Wildman–Crippen LogP) is 2.40. The second-order valence-electron chi connectivity index (χ2n) is 10.1. The van der Waals surface area contributed by atoms with Crippen LogP contribution in [0.4, 0.5) is 20.3 Å². The lowest BCUT2D eigenvalue weighted by Crippen LogP contribution is -2.49. The van der Waals surface area contributed by atoms with Crippen molar-refractivity contribution in [2.45, 2.75) is 36.1 Å². The van der Waals surface area contributed by atoms with E-state index >= 15 is 8.78 Å². The lowest BCUT2D eigenvalue weighted by atomic mass is 9.88. The van der Waals surface area contributed by atoms with Crippen LogP contribution in [0.3, 0.4) is 0 Å². The number of nitrogens with two attached hydrogens (primary N) is 1. The lowest BCUT2D eigenvalue weighted by Gasteiger charge is -2.35. The van der Waals surface area contributed by atoms with Crippen LogP contribution in [-0.4, -0.2) is 75.5 Å². The number of nitrogens with one attached hydrogen (secondary N) is 1. The van der Waals surface area contributed by atoms with Gasteiger partial charge in [-0.2, -0.15) is 4.31 Å². The van der Waals surface area contributed by atoms with Crippen molar-refractivity contribution in [2.75, 3.05) is 55.6 Å². The van der Waals surface area contributed by atoms with Gasteiger partial charge >= 0.3 is 0 Å². The molecule has 38 heavy (non-hydrogen) atoms. The minimum Gasteiger partial charge on any atom is -0.354 e. The summed E-state index contributed by atoms with van der Waals surface area (Å²) < 4.78 is 58.4. The molecule has 1 aromatic carbocycles. The first-order chi connectivity index (χ1) is 18.1. The van der Waals surface area contributed by atoms with Crippen LogP contribution < -0.4 is 20.9 Å². The molecular formula is C25H31ClF2N6O3S. The number of aromatic nitrogens is 1. The molecule has 2 aromatic rings. The van der Waals surface area contributed by atoms with Gasteiger partial charge in [0.05, 0.1) is 4.90 Å². The number of hydrogen-bond donors (Lipinski definition) is 2. The number of pyridine rings is 1. The first kappa shape index (κ1) is 27.2. The van der Waals surface area contributed by atoms with Crippen molar-refractivity contribution >= 4 is 39.0 Å². The van der Waals surface area contributed by atoms with Gasteiger partial charge in [-0.3, -0.25) is 4.79 Å². The summed E-state index contributed by atoms with van der Waals surface area (Å²) >= 11 is 6.15. The summed E-state index contributed by atoms with van der Waals surface area (Å²) in [4.78, 5) is 19.8. The van der Waals surface area contributed by atoms with Gasteiger partial charge in [0.1, 0.15) is 11.0 Å². The first-order valence-corrected chi connectivity index (χ1v) is 14.6. The standard InChI is InChI=1S/C25H31ClF2N6O3S/c26-22-12-18(25(27,28)17-2-1-7-30-15-17)13-23(31-22)32-8-10-33(11-9-32)38(36,37)21-5-3-20(4-6-21)34-16-19(29)14-24(34)35/h3-6,12-13,17,19,30H,1-2,7-11,14-16,29H2/t17-,19-/m1/s1. The van der Waals surface area contributed by atoms with E-state index < -0.39 is 21.9 Å². The van der Waals surface area contributed by atoms with E-state index in [1.165, 1.54) is 28.6 Å². The molecule has 0 radical (unpaired) electrons. The highest BCUT2D eigenvalue weighted by Gasteiger charge is 2.42. The Morgan fingerprint density at radius 3 is 2.42 bits per heavy atom. The average Bonchev–Trinajstić information content (AvgIpc) is 3.26. The Balaban J connectivity index is 1.27. The third kappa shape index (κ3) is 5.37. The van der Waals surface area contributed by atoms with Crippen LogP contribution >= 0.6 is 11.6 Å². The number of carbonyl (C=O) groups is 1. The highest BCUT2D eigenvalue weighted by Crippen LogP contribution is 2.41. The molecule has 3 N–H and O–H groups in total. The molecule has 3 saturated heterocycles. The summed E-state index contributed by atoms with van der Waals surface area (Å²) in [6, 6.07) is 8.55. The number of rotatable bonds is 6. The Labute approximate surface area is 226 Å². The third-order valence-electron chi connectivity index (χ3n) is 7.48. The van der Waals surface area contributed by atoms with Gasteiger partial charge in [-0.15, -0.1) is 0 Å². The number of alkyl halides is 2. The van der Waals surface area contributed by atoms with Gasteiger partial charge < -0.3 is 20.9 Å². The Morgan fingerprint density at radius 2 is 1.82 bits per heavy atom. The smallest absolute Gasteiger partial charge is 0.277 e. The molecule has 2 atom stereocenters. The van der Waals surface area contributed by atoms with Crippen molar-refractivity contribution in [1.82, 2.24) is 14.6 Å². The van der Waals surface area contributed by atoms with E-state index in [1.807, 2.05) is 0 Å². The van der Waals surface area contributed by atoms with Gasteiger partial charge in [-0.25, -0.2) is 22.2 Å². The normalized spacial score (nSPS) is 23.7. The van der Waals surface area contributed by atoms with Gasteiger partial charge in [-0.1, -0.05) is 11.6 Å². The number of amides is 1. The van der Waals surface area contributed by atoms with E-state index in [-0.39, 0.29) is 66.7 Å². The Bertz CT molecular complexity index is 1280. The highest BCUT2D eigenvalue weighted by molar-refractivity contribution is 7.89. The number of halogens is 3. The molecule has 5 rings (SSSR count). The average molecular weight is 569 g/mol. The second-order valence-corrected chi connectivity index (χ2v) is 12.4. The largest absolute Gasteiger partial charge is 0.354 e. The maximum atomic E-state index is 15.3. The molecular weight excluding hydrogens is 538 g/mol. The summed E-state index contributed by atoms with van der Waals surface area (Å²) in [5.74, 6) is -3.66. The van der Waals surface area contributed by atoms with E-state index in [0.717, 1.165) is 6.54 Å². The SMILES string of the molecule is N[C@@H]1CC(=O)N(c2ccc(S(=O)(=O)N3CCN(c4cc(C(F)(F)[C@@H]5CCCNC5)cc(Cl)n4)CC3)cc2)C1.